The topological polar surface area (TPSA) is 43.4 Å². The van der Waals surface area contributed by atoms with Crippen LogP contribution in [0, 0.1) is 0 Å². The molecule has 5 heteroatoms. The van der Waals surface area contributed by atoms with E-state index in [1.165, 1.54) is 0 Å². The number of hydrogen-bond donors (Lipinski definition) is 1. The van der Waals surface area contributed by atoms with Gasteiger partial charge in [-0.3, -0.25) is 4.98 Å². The zero-order valence-corrected chi connectivity index (χ0v) is 13.0. The Morgan fingerprint density at radius 2 is 1.91 bits per heavy atom. The summed E-state index contributed by atoms with van der Waals surface area (Å²) in [6, 6.07) is 13.3. The molecule has 0 amide bonds. The van der Waals surface area contributed by atoms with Gasteiger partial charge in [0.15, 0.2) is 11.5 Å². The van der Waals surface area contributed by atoms with Gasteiger partial charge < -0.3 is 14.8 Å². The molecular weight excluding hydrogens is 300 g/mol. The number of nitrogens with one attached hydrogen (secondary N) is 1. The maximum Gasteiger partial charge on any atom is 0.187 e. The van der Waals surface area contributed by atoms with Gasteiger partial charge in [0, 0.05) is 28.0 Å². The quantitative estimate of drug-likeness (QED) is 0.761. The number of aromatic nitrogens is 1. The molecule has 1 aromatic heterocycles. The van der Waals surface area contributed by atoms with Gasteiger partial charge in [-0.15, -0.1) is 0 Å². The lowest BCUT2D eigenvalue weighted by molar-refractivity contribution is 0.358. The molecule has 0 radical (unpaired) electrons. The van der Waals surface area contributed by atoms with Crippen LogP contribution < -0.4 is 14.8 Å². The van der Waals surface area contributed by atoms with Crippen molar-refractivity contribution in [3.63, 3.8) is 0 Å². The number of anilines is 2. The molecule has 0 aliphatic rings. The Bertz CT molecular complexity index is 821. The zero-order chi connectivity index (χ0) is 15.5. The first kappa shape index (κ1) is 14.5. The monoisotopic (exact) mass is 314 g/mol. The van der Waals surface area contributed by atoms with Crippen molar-refractivity contribution in [3.8, 4) is 11.5 Å². The first-order chi connectivity index (χ1) is 10.7. The lowest BCUT2D eigenvalue weighted by atomic mass is 10.1. The van der Waals surface area contributed by atoms with E-state index in [0.29, 0.717) is 16.5 Å². The lowest BCUT2D eigenvalue weighted by Crippen LogP contribution is -1.96. The minimum atomic E-state index is 0.620. The molecule has 3 aromatic rings. The predicted molar refractivity (Wildman–Crippen MR) is 89.6 cm³/mol. The maximum atomic E-state index is 6.03. The van der Waals surface area contributed by atoms with Crippen LogP contribution in [0.25, 0.3) is 10.9 Å². The third-order valence-corrected chi connectivity index (χ3v) is 3.59. The highest BCUT2D eigenvalue weighted by molar-refractivity contribution is 6.30. The Morgan fingerprint density at radius 3 is 2.64 bits per heavy atom. The molecule has 0 bridgehead atoms. The van der Waals surface area contributed by atoms with Crippen molar-refractivity contribution in [1.82, 2.24) is 4.98 Å². The molecule has 0 saturated carbocycles. The van der Waals surface area contributed by atoms with E-state index in [-0.39, 0.29) is 0 Å². The van der Waals surface area contributed by atoms with Crippen molar-refractivity contribution in [2.24, 2.45) is 0 Å². The van der Waals surface area contributed by atoms with Crippen LogP contribution in [0.2, 0.25) is 5.02 Å². The summed E-state index contributed by atoms with van der Waals surface area (Å²) in [5.41, 5.74) is 2.58. The highest BCUT2D eigenvalue weighted by Gasteiger charge is 2.12. The summed E-state index contributed by atoms with van der Waals surface area (Å²) < 4.78 is 10.8. The van der Waals surface area contributed by atoms with E-state index in [1.54, 1.807) is 20.4 Å². The third-order valence-electron chi connectivity index (χ3n) is 3.36. The molecule has 0 unspecified atom stereocenters. The fourth-order valence-electron chi connectivity index (χ4n) is 2.36. The minimum absolute atomic E-state index is 0.620. The number of ether oxygens (including phenoxy) is 2. The Labute approximate surface area is 133 Å². The molecule has 22 heavy (non-hydrogen) atoms. The largest absolute Gasteiger partial charge is 0.493 e. The van der Waals surface area contributed by atoms with E-state index in [9.17, 15) is 0 Å². The summed E-state index contributed by atoms with van der Waals surface area (Å²) in [7, 11) is 3.22. The molecule has 0 fully saturated rings. The van der Waals surface area contributed by atoms with Gasteiger partial charge in [-0.05, 0) is 36.4 Å². The van der Waals surface area contributed by atoms with Crippen LogP contribution in [0.1, 0.15) is 0 Å². The van der Waals surface area contributed by atoms with Crippen molar-refractivity contribution in [3.05, 3.63) is 53.7 Å². The fourth-order valence-corrected chi connectivity index (χ4v) is 2.55. The van der Waals surface area contributed by atoms with Crippen molar-refractivity contribution in [1.29, 1.82) is 0 Å². The van der Waals surface area contributed by atoms with Gasteiger partial charge in [0.2, 0.25) is 0 Å². The van der Waals surface area contributed by atoms with Gasteiger partial charge in [0.1, 0.15) is 5.52 Å². The van der Waals surface area contributed by atoms with E-state index in [4.69, 9.17) is 21.1 Å². The summed E-state index contributed by atoms with van der Waals surface area (Å²) in [4.78, 5) is 4.41. The Morgan fingerprint density at radius 1 is 1.05 bits per heavy atom. The summed E-state index contributed by atoms with van der Waals surface area (Å²) in [6.07, 6.45) is 1.73. The highest BCUT2D eigenvalue weighted by Crippen LogP contribution is 2.37. The molecule has 0 atom stereocenters. The first-order valence-electron chi connectivity index (χ1n) is 6.75. The second kappa shape index (κ2) is 6.12. The number of fused-ring (bicyclic) bond motifs is 1. The number of nitrogens with zero attached hydrogens (tertiary/aromatic N) is 1. The van der Waals surface area contributed by atoms with Crippen LogP contribution in [0.4, 0.5) is 11.4 Å². The third kappa shape index (κ3) is 2.65. The van der Waals surface area contributed by atoms with Gasteiger partial charge >= 0.3 is 0 Å². The minimum Gasteiger partial charge on any atom is -0.493 e. The normalized spacial score (nSPS) is 10.5. The number of halogens is 1. The highest BCUT2D eigenvalue weighted by atomic mass is 35.5. The molecule has 112 valence electrons. The van der Waals surface area contributed by atoms with Gasteiger partial charge in [-0.1, -0.05) is 17.7 Å². The molecule has 0 aliphatic carbocycles. The van der Waals surface area contributed by atoms with E-state index in [1.807, 2.05) is 42.5 Å². The van der Waals surface area contributed by atoms with Gasteiger partial charge in [0.25, 0.3) is 0 Å². The van der Waals surface area contributed by atoms with Crippen LogP contribution in [0.3, 0.4) is 0 Å². The lowest BCUT2D eigenvalue weighted by Gasteiger charge is -2.13. The van der Waals surface area contributed by atoms with Gasteiger partial charge in [-0.25, -0.2) is 0 Å². The number of hydrogen-bond acceptors (Lipinski definition) is 4. The van der Waals surface area contributed by atoms with Gasteiger partial charge in [0.05, 0.1) is 14.2 Å². The second-order valence-electron chi connectivity index (χ2n) is 4.69. The van der Waals surface area contributed by atoms with Crippen molar-refractivity contribution >= 4 is 33.9 Å². The van der Waals surface area contributed by atoms with Crippen LogP contribution >= 0.6 is 11.6 Å². The van der Waals surface area contributed by atoms with E-state index < -0.39 is 0 Å². The Kier molecular flexibility index (Phi) is 4.02. The SMILES string of the molecule is COc1ccc2c(Nc3cccc(Cl)c3)ccnc2c1OC. The maximum absolute atomic E-state index is 6.03. The van der Waals surface area contributed by atoms with E-state index in [2.05, 4.69) is 10.3 Å². The van der Waals surface area contributed by atoms with E-state index in [0.717, 1.165) is 22.3 Å². The first-order valence-corrected chi connectivity index (χ1v) is 7.13. The van der Waals surface area contributed by atoms with Gasteiger partial charge in [-0.2, -0.15) is 0 Å². The smallest absolute Gasteiger partial charge is 0.187 e. The van der Waals surface area contributed by atoms with Crippen LogP contribution in [0.5, 0.6) is 11.5 Å². The molecule has 0 spiro atoms. The molecule has 1 heterocycles. The molecule has 0 saturated heterocycles. The summed E-state index contributed by atoms with van der Waals surface area (Å²) >= 11 is 6.03. The second-order valence-corrected chi connectivity index (χ2v) is 5.13. The molecule has 2 aromatic carbocycles. The van der Waals surface area contributed by atoms with Crippen LogP contribution in [0.15, 0.2) is 48.7 Å². The number of rotatable bonds is 4. The standard InChI is InChI=1S/C17H15ClN2O2/c1-21-15-7-6-13-14(8-9-19-16(13)17(15)22-2)20-12-5-3-4-11(18)10-12/h3-10H,1-2H3,(H,19,20). The molecule has 0 aliphatic heterocycles. The average molecular weight is 315 g/mol. The van der Waals surface area contributed by atoms with Crippen molar-refractivity contribution in [2.45, 2.75) is 0 Å². The Hall–Kier alpha value is -2.46. The predicted octanol–water partition coefficient (Wildman–Crippen LogP) is 4.65. The molecule has 3 rings (SSSR count). The molecule has 4 nitrogen and oxygen atoms in total. The summed E-state index contributed by atoms with van der Waals surface area (Å²) in [5, 5.41) is 4.98. The number of benzene rings is 2. The zero-order valence-electron chi connectivity index (χ0n) is 12.3. The van der Waals surface area contributed by atoms with Crippen molar-refractivity contribution < 1.29 is 9.47 Å². The van der Waals surface area contributed by atoms with E-state index >= 15 is 0 Å². The number of methoxy groups -OCH3 is 2. The Balaban J connectivity index is 2.11. The average Bonchev–Trinajstić information content (AvgIpc) is 2.54. The summed E-state index contributed by atoms with van der Waals surface area (Å²) in [5.74, 6) is 1.28. The number of pyridine rings is 1. The fraction of sp³-hybridized carbons (Fsp3) is 0.118. The molecular formula is C17H15ClN2O2. The molecule has 1 N–H and O–H groups in total. The van der Waals surface area contributed by atoms with Crippen molar-refractivity contribution in [2.75, 3.05) is 19.5 Å². The van der Waals surface area contributed by atoms with Crippen LogP contribution in [-0.2, 0) is 0 Å². The van der Waals surface area contributed by atoms with Crippen LogP contribution in [-0.4, -0.2) is 19.2 Å². The summed E-state index contributed by atoms with van der Waals surface area (Å²) in [6.45, 7) is 0.